The maximum absolute atomic E-state index is 5.60. The van der Waals surface area contributed by atoms with Gasteiger partial charge in [-0.1, -0.05) is 29.5 Å². The van der Waals surface area contributed by atoms with E-state index in [2.05, 4.69) is 16.0 Å². The number of anilines is 2. The highest BCUT2D eigenvalue weighted by Crippen LogP contribution is 2.27. The Kier molecular flexibility index (Phi) is 2.96. The lowest BCUT2D eigenvalue weighted by Gasteiger charge is -2.03. The van der Waals surface area contributed by atoms with Gasteiger partial charge in [-0.25, -0.2) is 4.98 Å². The first-order valence-electron chi connectivity index (χ1n) is 4.78. The average molecular weight is 232 g/mol. The molecule has 0 aliphatic carbocycles. The predicted octanol–water partition coefficient (Wildman–Crippen LogP) is 2.10. The van der Waals surface area contributed by atoms with E-state index in [-0.39, 0.29) is 5.95 Å². The lowest BCUT2D eigenvalue weighted by atomic mass is 10.2. The maximum Gasteiger partial charge on any atom is 0.223 e. The summed E-state index contributed by atoms with van der Waals surface area (Å²) in [5, 5.41) is 0.760. The molecule has 2 rings (SSSR count). The summed E-state index contributed by atoms with van der Waals surface area (Å²) < 4.78 is 0. The molecule has 0 amide bonds. The second-order valence-corrected chi connectivity index (χ2v) is 4.50. The van der Waals surface area contributed by atoms with E-state index >= 15 is 0 Å². The molecule has 0 aliphatic heterocycles. The van der Waals surface area contributed by atoms with Gasteiger partial charge in [-0.2, -0.15) is 4.98 Å². The van der Waals surface area contributed by atoms with Crippen LogP contribution in [0.2, 0.25) is 0 Å². The fourth-order valence-electron chi connectivity index (χ4n) is 1.31. The first-order chi connectivity index (χ1) is 7.63. The van der Waals surface area contributed by atoms with Crippen LogP contribution in [0.5, 0.6) is 0 Å². The van der Waals surface area contributed by atoms with Gasteiger partial charge in [0.15, 0.2) is 0 Å². The minimum atomic E-state index is 0.204. The van der Waals surface area contributed by atoms with Gasteiger partial charge in [-0.3, -0.25) is 0 Å². The second-order valence-electron chi connectivity index (χ2n) is 3.41. The van der Waals surface area contributed by atoms with Crippen LogP contribution in [0.25, 0.3) is 0 Å². The van der Waals surface area contributed by atoms with Crippen LogP contribution in [-0.2, 0) is 0 Å². The molecule has 5 heteroatoms. The molecular weight excluding hydrogens is 220 g/mol. The van der Waals surface area contributed by atoms with Crippen LogP contribution < -0.4 is 11.5 Å². The number of nitrogens with two attached hydrogens (primary N) is 2. The zero-order valence-electron chi connectivity index (χ0n) is 8.84. The number of benzene rings is 1. The Bertz CT molecular complexity index is 493. The van der Waals surface area contributed by atoms with Crippen molar-refractivity contribution in [2.45, 2.75) is 16.8 Å². The van der Waals surface area contributed by atoms with Crippen LogP contribution in [-0.4, -0.2) is 9.97 Å². The normalized spacial score (nSPS) is 10.3. The molecule has 1 heterocycles. The highest BCUT2D eigenvalue weighted by atomic mass is 32.2. The number of aromatic nitrogens is 2. The monoisotopic (exact) mass is 232 g/mol. The molecule has 16 heavy (non-hydrogen) atoms. The van der Waals surface area contributed by atoms with Gasteiger partial charge in [-0.15, -0.1) is 0 Å². The SMILES string of the molecule is Cc1cccc(Sc2cc(N)nc(N)n2)c1. The third-order valence-corrected chi connectivity index (χ3v) is 2.86. The van der Waals surface area contributed by atoms with Gasteiger partial charge in [0.2, 0.25) is 5.95 Å². The number of rotatable bonds is 2. The van der Waals surface area contributed by atoms with Crippen molar-refractivity contribution in [2.75, 3.05) is 11.5 Å². The highest BCUT2D eigenvalue weighted by molar-refractivity contribution is 7.99. The summed E-state index contributed by atoms with van der Waals surface area (Å²) in [5.41, 5.74) is 12.3. The van der Waals surface area contributed by atoms with E-state index in [9.17, 15) is 0 Å². The highest BCUT2D eigenvalue weighted by Gasteiger charge is 2.02. The lowest BCUT2D eigenvalue weighted by Crippen LogP contribution is -1.99. The predicted molar refractivity (Wildman–Crippen MR) is 66.2 cm³/mol. The first-order valence-corrected chi connectivity index (χ1v) is 5.60. The number of nitrogen functional groups attached to an aromatic ring is 2. The van der Waals surface area contributed by atoms with Gasteiger partial charge in [0.25, 0.3) is 0 Å². The maximum atomic E-state index is 5.60. The molecular formula is C11H12N4S. The Hall–Kier alpha value is -1.75. The van der Waals surface area contributed by atoms with Gasteiger partial charge < -0.3 is 11.5 Å². The van der Waals surface area contributed by atoms with Gasteiger partial charge in [0.1, 0.15) is 10.8 Å². The minimum Gasteiger partial charge on any atom is -0.383 e. The van der Waals surface area contributed by atoms with Crippen LogP contribution in [0.1, 0.15) is 5.56 Å². The van der Waals surface area contributed by atoms with Crippen molar-refractivity contribution in [3.05, 3.63) is 35.9 Å². The molecule has 0 atom stereocenters. The van der Waals surface area contributed by atoms with E-state index in [0.29, 0.717) is 5.82 Å². The molecule has 0 saturated heterocycles. The molecule has 1 aromatic carbocycles. The number of aryl methyl sites for hydroxylation is 1. The minimum absolute atomic E-state index is 0.204. The Morgan fingerprint density at radius 3 is 2.62 bits per heavy atom. The van der Waals surface area contributed by atoms with Gasteiger partial charge >= 0.3 is 0 Å². The third kappa shape index (κ3) is 2.64. The van der Waals surface area contributed by atoms with Crippen LogP contribution in [0, 0.1) is 6.92 Å². The Morgan fingerprint density at radius 1 is 1.12 bits per heavy atom. The van der Waals surface area contributed by atoms with Gasteiger partial charge in [0, 0.05) is 11.0 Å². The van der Waals surface area contributed by atoms with E-state index in [4.69, 9.17) is 11.5 Å². The smallest absolute Gasteiger partial charge is 0.223 e. The third-order valence-electron chi connectivity index (χ3n) is 1.95. The van der Waals surface area contributed by atoms with Crippen LogP contribution >= 0.6 is 11.8 Å². The molecule has 0 unspecified atom stereocenters. The standard InChI is InChI=1S/C11H12N4S/c1-7-3-2-4-8(5-7)16-10-6-9(12)14-11(13)15-10/h2-6H,1H3,(H4,12,13,14,15). The molecule has 0 radical (unpaired) electrons. The summed E-state index contributed by atoms with van der Waals surface area (Å²) in [5.74, 6) is 0.595. The molecule has 82 valence electrons. The van der Waals surface area contributed by atoms with Crippen molar-refractivity contribution >= 4 is 23.5 Å². The van der Waals surface area contributed by atoms with Crippen LogP contribution in [0.15, 0.2) is 40.3 Å². The zero-order chi connectivity index (χ0) is 11.5. The van der Waals surface area contributed by atoms with E-state index < -0.39 is 0 Å². The summed E-state index contributed by atoms with van der Waals surface area (Å²) in [6.07, 6.45) is 0. The fraction of sp³-hybridized carbons (Fsp3) is 0.0909. The molecule has 4 N–H and O–H groups in total. The quantitative estimate of drug-likeness (QED) is 0.775. The zero-order valence-corrected chi connectivity index (χ0v) is 9.66. The van der Waals surface area contributed by atoms with Gasteiger partial charge in [-0.05, 0) is 19.1 Å². The fourth-order valence-corrected chi connectivity index (χ4v) is 2.26. The van der Waals surface area contributed by atoms with E-state index in [1.54, 1.807) is 6.07 Å². The molecule has 0 saturated carbocycles. The molecule has 0 fully saturated rings. The van der Waals surface area contributed by atoms with E-state index in [0.717, 1.165) is 9.92 Å². The van der Waals surface area contributed by atoms with Crippen molar-refractivity contribution in [1.29, 1.82) is 0 Å². The van der Waals surface area contributed by atoms with Crippen LogP contribution in [0.3, 0.4) is 0 Å². The summed E-state index contributed by atoms with van der Waals surface area (Å²) in [7, 11) is 0. The Labute approximate surface area is 98.1 Å². The molecule has 1 aromatic heterocycles. The molecule has 2 aromatic rings. The molecule has 0 bridgehead atoms. The second kappa shape index (κ2) is 4.40. The van der Waals surface area contributed by atoms with Crippen molar-refractivity contribution in [2.24, 2.45) is 0 Å². The van der Waals surface area contributed by atoms with Crippen molar-refractivity contribution in [1.82, 2.24) is 9.97 Å². The molecule has 0 aliphatic rings. The summed E-state index contributed by atoms with van der Waals surface area (Å²) in [6.45, 7) is 2.05. The van der Waals surface area contributed by atoms with E-state index in [1.165, 1.54) is 17.3 Å². The molecule has 0 spiro atoms. The topological polar surface area (TPSA) is 77.8 Å². The molecule has 4 nitrogen and oxygen atoms in total. The Balaban J connectivity index is 2.27. The van der Waals surface area contributed by atoms with Gasteiger partial charge in [0.05, 0.1) is 0 Å². The number of hydrogen-bond donors (Lipinski definition) is 2. The van der Waals surface area contributed by atoms with Crippen molar-refractivity contribution in [3.8, 4) is 0 Å². The summed E-state index contributed by atoms with van der Waals surface area (Å²) in [4.78, 5) is 9.04. The van der Waals surface area contributed by atoms with E-state index in [1.807, 2.05) is 25.1 Å². The summed E-state index contributed by atoms with van der Waals surface area (Å²) in [6, 6.07) is 9.87. The number of nitrogens with zero attached hydrogens (tertiary/aromatic N) is 2. The van der Waals surface area contributed by atoms with Crippen molar-refractivity contribution < 1.29 is 0 Å². The average Bonchev–Trinajstić information content (AvgIpc) is 2.15. The Morgan fingerprint density at radius 2 is 1.94 bits per heavy atom. The lowest BCUT2D eigenvalue weighted by molar-refractivity contribution is 1.07. The van der Waals surface area contributed by atoms with Crippen LogP contribution in [0.4, 0.5) is 11.8 Å². The first kappa shape index (κ1) is 10.8. The summed E-state index contributed by atoms with van der Waals surface area (Å²) >= 11 is 1.52. The van der Waals surface area contributed by atoms with Crippen molar-refractivity contribution in [3.63, 3.8) is 0 Å². The number of hydrogen-bond acceptors (Lipinski definition) is 5. The largest absolute Gasteiger partial charge is 0.383 e.